The molecule has 2 aromatic heterocycles. The molecule has 0 unspecified atom stereocenters. The van der Waals surface area contributed by atoms with Gasteiger partial charge in [0.2, 0.25) is 0 Å². The van der Waals surface area contributed by atoms with Gasteiger partial charge in [-0.2, -0.15) is 0 Å². The number of furan rings is 1. The zero-order chi connectivity index (χ0) is 20.7. The summed E-state index contributed by atoms with van der Waals surface area (Å²) in [4.78, 5) is 38.4. The van der Waals surface area contributed by atoms with Crippen molar-refractivity contribution >= 4 is 11.8 Å². The molecule has 0 bridgehead atoms. The van der Waals surface area contributed by atoms with Crippen molar-refractivity contribution < 1.29 is 14.0 Å². The Kier molecular flexibility index (Phi) is 4.38. The maximum Gasteiger partial charge on any atom is 0.289 e. The molecule has 7 heteroatoms. The fraction of sp³-hybridized carbons (Fsp3) is 0.304. The molecule has 5 rings (SSSR count). The molecule has 2 aliphatic heterocycles. The lowest BCUT2D eigenvalue weighted by atomic mass is 9.71. The Balaban J connectivity index is 1.49. The van der Waals surface area contributed by atoms with Gasteiger partial charge in [0.05, 0.1) is 17.5 Å². The summed E-state index contributed by atoms with van der Waals surface area (Å²) >= 11 is 0. The maximum atomic E-state index is 12.8. The molecule has 1 aromatic carbocycles. The van der Waals surface area contributed by atoms with Gasteiger partial charge in [-0.05, 0) is 25.0 Å². The number of likely N-dealkylation sites (tertiary alicyclic amines) is 1. The highest BCUT2D eigenvalue weighted by molar-refractivity contribution is 5.97. The number of carbonyl (C=O) groups excluding carboxylic acids is 2. The minimum Gasteiger partial charge on any atom is -0.459 e. The van der Waals surface area contributed by atoms with E-state index in [1.165, 1.54) is 6.26 Å². The van der Waals surface area contributed by atoms with Crippen molar-refractivity contribution in [3.05, 3.63) is 71.9 Å². The van der Waals surface area contributed by atoms with E-state index in [0.717, 1.165) is 24.1 Å². The van der Waals surface area contributed by atoms with Gasteiger partial charge in [-0.25, -0.2) is 9.97 Å². The second-order valence-corrected chi connectivity index (χ2v) is 8.03. The second kappa shape index (κ2) is 7.09. The van der Waals surface area contributed by atoms with Crippen LogP contribution in [-0.4, -0.2) is 58.3 Å². The molecule has 7 nitrogen and oxygen atoms in total. The third kappa shape index (κ3) is 2.98. The van der Waals surface area contributed by atoms with E-state index in [4.69, 9.17) is 9.40 Å². The van der Waals surface area contributed by atoms with E-state index in [1.807, 2.05) is 42.3 Å². The first kappa shape index (κ1) is 18.5. The van der Waals surface area contributed by atoms with Gasteiger partial charge < -0.3 is 14.2 Å². The number of piperidine rings is 1. The van der Waals surface area contributed by atoms with Crippen molar-refractivity contribution in [2.45, 2.75) is 18.3 Å². The molecule has 2 aliphatic rings. The van der Waals surface area contributed by atoms with Crippen LogP contribution in [0.1, 0.15) is 39.4 Å². The molecule has 0 saturated carbocycles. The zero-order valence-corrected chi connectivity index (χ0v) is 16.7. The van der Waals surface area contributed by atoms with E-state index in [-0.39, 0.29) is 17.2 Å². The SMILES string of the molecule is CN1CC2(CCN(C(=O)c3ccco3)CC2)c2nc(-c3ccccc3)ncc2C1=O. The number of rotatable bonds is 2. The summed E-state index contributed by atoms with van der Waals surface area (Å²) in [6.45, 7) is 1.77. The molecule has 2 amide bonds. The Morgan fingerprint density at radius 2 is 1.87 bits per heavy atom. The molecule has 4 heterocycles. The summed E-state index contributed by atoms with van der Waals surface area (Å²) in [5.41, 5.74) is 2.01. The standard InChI is InChI=1S/C23H22N4O3/c1-26-15-23(9-11-27(12-10-23)22(29)18-8-5-13-30-18)19-17(21(26)28)14-24-20(25-19)16-6-3-2-4-7-16/h2-8,13-14H,9-12,15H2,1H3. The van der Waals surface area contributed by atoms with Crippen LogP contribution in [0.25, 0.3) is 11.4 Å². The number of aromatic nitrogens is 2. The lowest BCUT2D eigenvalue weighted by Crippen LogP contribution is -2.54. The molecule has 0 N–H and O–H groups in total. The number of nitrogens with zero attached hydrogens (tertiary/aromatic N) is 4. The van der Waals surface area contributed by atoms with E-state index in [0.29, 0.717) is 36.8 Å². The predicted molar refractivity (Wildman–Crippen MR) is 110 cm³/mol. The lowest BCUT2D eigenvalue weighted by Gasteiger charge is -2.46. The fourth-order valence-electron chi connectivity index (χ4n) is 4.56. The van der Waals surface area contributed by atoms with Crippen LogP contribution >= 0.6 is 0 Å². The molecule has 1 fully saturated rings. The first-order valence-electron chi connectivity index (χ1n) is 10.1. The highest BCUT2D eigenvalue weighted by Gasteiger charge is 2.46. The van der Waals surface area contributed by atoms with Gasteiger partial charge in [0.15, 0.2) is 11.6 Å². The van der Waals surface area contributed by atoms with Crippen molar-refractivity contribution in [2.75, 3.05) is 26.7 Å². The number of carbonyl (C=O) groups is 2. The topological polar surface area (TPSA) is 79.5 Å². The van der Waals surface area contributed by atoms with Crippen LogP contribution in [0, 0.1) is 0 Å². The third-order valence-electron chi connectivity index (χ3n) is 6.18. The Morgan fingerprint density at radius 1 is 1.10 bits per heavy atom. The molecule has 0 atom stereocenters. The van der Waals surface area contributed by atoms with Gasteiger partial charge >= 0.3 is 0 Å². The molecule has 1 spiro atoms. The third-order valence-corrected chi connectivity index (χ3v) is 6.18. The van der Waals surface area contributed by atoms with E-state index in [1.54, 1.807) is 23.2 Å². The van der Waals surface area contributed by atoms with Gasteiger partial charge in [-0.1, -0.05) is 30.3 Å². The van der Waals surface area contributed by atoms with Crippen LogP contribution in [0.4, 0.5) is 0 Å². The number of hydrogen-bond acceptors (Lipinski definition) is 5. The number of hydrogen-bond donors (Lipinski definition) is 0. The predicted octanol–water partition coefficient (Wildman–Crippen LogP) is 3.00. The minimum absolute atomic E-state index is 0.0515. The van der Waals surface area contributed by atoms with E-state index in [9.17, 15) is 9.59 Å². The Morgan fingerprint density at radius 3 is 2.57 bits per heavy atom. The molecule has 0 aliphatic carbocycles. The van der Waals surface area contributed by atoms with E-state index >= 15 is 0 Å². The van der Waals surface area contributed by atoms with Gasteiger partial charge in [0.25, 0.3) is 11.8 Å². The molecular formula is C23H22N4O3. The smallest absolute Gasteiger partial charge is 0.289 e. The van der Waals surface area contributed by atoms with Crippen LogP contribution in [-0.2, 0) is 5.41 Å². The Labute approximate surface area is 174 Å². The summed E-state index contributed by atoms with van der Waals surface area (Å²) < 4.78 is 5.27. The molecule has 1 saturated heterocycles. The van der Waals surface area contributed by atoms with Crippen molar-refractivity contribution in [1.29, 1.82) is 0 Å². The van der Waals surface area contributed by atoms with Crippen LogP contribution in [0.15, 0.2) is 59.3 Å². The highest BCUT2D eigenvalue weighted by atomic mass is 16.3. The first-order valence-corrected chi connectivity index (χ1v) is 10.1. The molecule has 0 radical (unpaired) electrons. The van der Waals surface area contributed by atoms with Crippen molar-refractivity contribution in [3.63, 3.8) is 0 Å². The average Bonchev–Trinajstić information content (AvgIpc) is 3.33. The van der Waals surface area contributed by atoms with Crippen molar-refractivity contribution in [2.24, 2.45) is 0 Å². The van der Waals surface area contributed by atoms with E-state index in [2.05, 4.69) is 4.98 Å². The monoisotopic (exact) mass is 402 g/mol. The van der Waals surface area contributed by atoms with Crippen LogP contribution in [0.3, 0.4) is 0 Å². The number of likely N-dealkylation sites (N-methyl/N-ethyl adjacent to an activating group) is 1. The molecule has 30 heavy (non-hydrogen) atoms. The number of benzene rings is 1. The van der Waals surface area contributed by atoms with Gasteiger partial charge in [0, 0.05) is 43.9 Å². The van der Waals surface area contributed by atoms with Gasteiger partial charge in [-0.15, -0.1) is 0 Å². The summed E-state index contributed by atoms with van der Waals surface area (Å²) in [7, 11) is 1.82. The number of amides is 2. The molecule has 3 aromatic rings. The van der Waals surface area contributed by atoms with Crippen LogP contribution in [0.5, 0.6) is 0 Å². The Hall–Kier alpha value is -3.48. The average molecular weight is 402 g/mol. The quantitative estimate of drug-likeness (QED) is 0.658. The summed E-state index contributed by atoms with van der Waals surface area (Å²) in [5.74, 6) is 0.837. The zero-order valence-electron chi connectivity index (χ0n) is 16.7. The van der Waals surface area contributed by atoms with Crippen LogP contribution < -0.4 is 0 Å². The number of fused-ring (bicyclic) bond motifs is 2. The van der Waals surface area contributed by atoms with Crippen LogP contribution in [0.2, 0.25) is 0 Å². The molecule has 152 valence electrons. The largest absolute Gasteiger partial charge is 0.459 e. The summed E-state index contributed by atoms with van der Waals surface area (Å²) in [5, 5.41) is 0. The second-order valence-electron chi connectivity index (χ2n) is 8.03. The molecular weight excluding hydrogens is 380 g/mol. The minimum atomic E-state index is -0.287. The summed E-state index contributed by atoms with van der Waals surface area (Å²) in [6, 6.07) is 13.2. The Bertz CT molecular complexity index is 1090. The highest BCUT2D eigenvalue weighted by Crippen LogP contribution is 2.41. The lowest BCUT2D eigenvalue weighted by molar-refractivity contribution is 0.0523. The maximum absolute atomic E-state index is 12.8. The van der Waals surface area contributed by atoms with E-state index < -0.39 is 0 Å². The first-order chi connectivity index (χ1) is 14.6. The fourth-order valence-corrected chi connectivity index (χ4v) is 4.56. The summed E-state index contributed by atoms with van der Waals surface area (Å²) in [6.07, 6.45) is 4.63. The normalized spacial score (nSPS) is 17.8. The van der Waals surface area contributed by atoms with Gasteiger partial charge in [0.1, 0.15) is 0 Å². The van der Waals surface area contributed by atoms with Crippen molar-refractivity contribution in [1.82, 2.24) is 19.8 Å². The van der Waals surface area contributed by atoms with Crippen molar-refractivity contribution in [3.8, 4) is 11.4 Å². The van der Waals surface area contributed by atoms with Gasteiger partial charge in [-0.3, -0.25) is 9.59 Å².